The fourth-order valence-electron chi connectivity index (χ4n) is 1.73. The van der Waals surface area contributed by atoms with E-state index in [4.69, 9.17) is 11.6 Å². The molecule has 0 bridgehead atoms. The first kappa shape index (κ1) is 14.9. The molecule has 0 atom stereocenters. The summed E-state index contributed by atoms with van der Waals surface area (Å²) in [5, 5.41) is 3.40. The van der Waals surface area contributed by atoms with Crippen molar-refractivity contribution in [2.45, 2.75) is 0 Å². The first-order valence-corrected chi connectivity index (χ1v) is 7.18. The fraction of sp³-hybridized carbons (Fsp3) is 0.133. The van der Waals surface area contributed by atoms with Crippen molar-refractivity contribution in [1.29, 1.82) is 0 Å². The first-order chi connectivity index (χ1) is 9.47. The Hall–Kier alpha value is -1.52. The monoisotopic (exact) mass is 352 g/mol. The molecule has 0 saturated carbocycles. The number of nitrogens with zero attached hydrogens (tertiary/aromatic N) is 1. The van der Waals surface area contributed by atoms with Crippen LogP contribution in [0.3, 0.4) is 0 Å². The number of benzene rings is 2. The van der Waals surface area contributed by atoms with Crippen LogP contribution < -0.4 is 10.2 Å². The highest BCUT2D eigenvalue weighted by atomic mass is 79.9. The lowest BCUT2D eigenvalue weighted by atomic mass is 10.2. The van der Waals surface area contributed by atoms with E-state index in [2.05, 4.69) is 21.2 Å². The number of carbonyl (C=O) groups is 1. The number of hydrogen-bond donors (Lipinski definition) is 1. The van der Waals surface area contributed by atoms with Gasteiger partial charge in [0, 0.05) is 35.0 Å². The molecule has 5 heteroatoms. The maximum Gasteiger partial charge on any atom is 0.256 e. The second kappa shape index (κ2) is 6.29. The Morgan fingerprint density at radius 1 is 1.20 bits per heavy atom. The van der Waals surface area contributed by atoms with Gasteiger partial charge in [-0.1, -0.05) is 17.7 Å². The zero-order valence-corrected chi connectivity index (χ0v) is 13.5. The van der Waals surface area contributed by atoms with E-state index < -0.39 is 0 Å². The van der Waals surface area contributed by atoms with E-state index in [0.29, 0.717) is 15.1 Å². The lowest BCUT2D eigenvalue weighted by molar-refractivity contribution is 0.102. The number of halogens is 2. The molecule has 0 aliphatic heterocycles. The molecule has 0 radical (unpaired) electrons. The van der Waals surface area contributed by atoms with Gasteiger partial charge in [0.15, 0.2) is 0 Å². The Kier molecular flexibility index (Phi) is 4.68. The lowest BCUT2D eigenvalue weighted by Gasteiger charge is -2.14. The Morgan fingerprint density at radius 2 is 1.95 bits per heavy atom. The SMILES string of the molecule is CN(C)c1cccc(NC(=O)c2cc(Cl)ccc2Br)c1. The molecule has 0 aliphatic carbocycles. The van der Waals surface area contributed by atoms with Gasteiger partial charge < -0.3 is 10.2 Å². The molecule has 0 unspecified atom stereocenters. The van der Waals surface area contributed by atoms with Gasteiger partial charge in [0.1, 0.15) is 0 Å². The predicted molar refractivity (Wildman–Crippen MR) is 87.9 cm³/mol. The molecule has 2 aromatic carbocycles. The van der Waals surface area contributed by atoms with Gasteiger partial charge >= 0.3 is 0 Å². The first-order valence-electron chi connectivity index (χ1n) is 6.01. The standard InChI is InChI=1S/C15H14BrClN2O/c1-19(2)12-5-3-4-11(9-12)18-15(20)13-8-10(17)6-7-14(13)16/h3-9H,1-2H3,(H,18,20). The van der Waals surface area contributed by atoms with Gasteiger partial charge in [-0.3, -0.25) is 4.79 Å². The number of carbonyl (C=O) groups excluding carboxylic acids is 1. The van der Waals surface area contributed by atoms with Gasteiger partial charge in [-0.2, -0.15) is 0 Å². The summed E-state index contributed by atoms with van der Waals surface area (Å²) in [6.45, 7) is 0. The van der Waals surface area contributed by atoms with E-state index in [0.717, 1.165) is 11.4 Å². The molecular formula is C15H14BrClN2O. The number of nitrogens with one attached hydrogen (secondary N) is 1. The van der Waals surface area contributed by atoms with Gasteiger partial charge in [-0.25, -0.2) is 0 Å². The average Bonchev–Trinajstić information content (AvgIpc) is 2.41. The molecule has 1 N–H and O–H groups in total. The van der Waals surface area contributed by atoms with E-state index in [1.165, 1.54) is 0 Å². The Morgan fingerprint density at radius 3 is 2.65 bits per heavy atom. The molecule has 1 amide bonds. The minimum atomic E-state index is -0.199. The second-order valence-corrected chi connectivity index (χ2v) is 5.81. The lowest BCUT2D eigenvalue weighted by Crippen LogP contribution is -2.14. The van der Waals surface area contributed by atoms with Crippen molar-refractivity contribution in [3.05, 3.63) is 57.5 Å². The molecule has 2 aromatic rings. The Bertz CT molecular complexity index is 644. The second-order valence-electron chi connectivity index (χ2n) is 4.52. The quantitative estimate of drug-likeness (QED) is 0.886. The third kappa shape index (κ3) is 3.52. The van der Waals surface area contributed by atoms with Crippen LogP contribution in [0.15, 0.2) is 46.9 Å². The van der Waals surface area contributed by atoms with Crippen molar-refractivity contribution in [2.24, 2.45) is 0 Å². The highest BCUT2D eigenvalue weighted by molar-refractivity contribution is 9.10. The Labute approximate surface area is 131 Å². The molecule has 2 rings (SSSR count). The van der Waals surface area contributed by atoms with Crippen LogP contribution in [-0.2, 0) is 0 Å². The molecule has 20 heavy (non-hydrogen) atoms. The predicted octanol–water partition coefficient (Wildman–Crippen LogP) is 4.42. The van der Waals surface area contributed by atoms with Crippen molar-refractivity contribution in [3.8, 4) is 0 Å². The number of anilines is 2. The summed E-state index contributed by atoms with van der Waals surface area (Å²) in [4.78, 5) is 14.2. The maximum absolute atomic E-state index is 12.3. The van der Waals surface area contributed by atoms with Gasteiger partial charge in [0.05, 0.1) is 5.56 Å². The van der Waals surface area contributed by atoms with Gasteiger partial charge in [-0.05, 0) is 52.3 Å². The van der Waals surface area contributed by atoms with E-state index in [1.54, 1.807) is 18.2 Å². The zero-order valence-electron chi connectivity index (χ0n) is 11.2. The van der Waals surface area contributed by atoms with Crippen LogP contribution in [0, 0.1) is 0 Å². The number of hydrogen-bond acceptors (Lipinski definition) is 2. The van der Waals surface area contributed by atoms with Crippen LogP contribution in [0.1, 0.15) is 10.4 Å². The molecular weight excluding hydrogens is 340 g/mol. The summed E-state index contributed by atoms with van der Waals surface area (Å²) in [6.07, 6.45) is 0. The van der Waals surface area contributed by atoms with Gasteiger partial charge in [0.25, 0.3) is 5.91 Å². The van der Waals surface area contributed by atoms with E-state index in [9.17, 15) is 4.79 Å². The summed E-state index contributed by atoms with van der Waals surface area (Å²) >= 11 is 9.28. The van der Waals surface area contributed by atoms with Crippen LogP contribution in [0.4, 0.5) is 11.4 Å². The number of rotatable bonds is 3. The third-order valence-electron chi connectivity index (χ3n) is 2.79. The van der Waals surface area contributed by atoms with Crippen molar-refractivity contribution < 1.29 is 4.79 Å². The van der Waals surface area contributed by atoms with Crippen molar-refractivity contribution >= 4 is 44.8 Å². The third-order valence-corrected chi connectivity index (χ3v) is 3.72. The zero-order chi connectivity index (χ0) is 14.7. The van der Waals surface area contributed by atoms with Gasteiger partial charge in [0.2, 0.25) is 0 Å². The van der Waals surface area contributed by atoms with Crippen molar-refractivity contribution in [2.75, 3.05) is 24.3 Å². The molecule has 3 nitrogen and oxygen atoms in total. The summed E-state index contributed by atoms with van der Waals surface area (Å²) in [6, 6.07) is 12.8. The molecule has 0 aromatic heterocycles. The average molecular weight is 354 g/mol. The Balaban J connectivity index is 2.23. The van der Waals surface area contributed by atoms with E-state index >= 15 is 0 Å². The van der Waals surface area contributed by atoms with Crippen molar-refractivity contribution in [1.82, 2.24) is 0 Å². The molecule has 0 aliphatic rings. The summed E-state index contributed by atoms with van der Waals surface area (Å²) in [5.74, 6) is -0.199. The molecule has 104 valence electrons. The van der Waals surface area contributed by atoms with Crippen LogP contribution in [0.2, 0.25) is 5.02 Å². The fourth-order valence-corrected chi connectivity index (χ4v) is 2.33. The summed E-state index contributed by atoms with van der Waals surface area (Å²) < 4.78 is 0.711. The minimum absolute atomic E-state index is 0.199. The summed E-state index contributed by atoms with van der Waals surface area (Å²) in [5.41, 5.74) is 2.27. The topological polar surface area (TPSA) is 32.3 Å². The number of amides is 1. The largest absolute Gasteiger partial charge is 0.378 e. The highest BCUT2D eigenvalue weighted by Crippen LogP contribution is 2.23. The smallest absolute Gasteiger partial charge is 0.256 e. The molecule has 0 fully saturated rings. The van der Waals surface area contributed by atoms with Crippen molar-refractivity contribution in [3.63, 3.8) is 0 Å². The maximum atomic E-state index is 12.3. The molecule has 0 saturated heterocycles. The van der Waals surface area contributed by atoms with E-state index in [1.807, 2.05) is 43.3 Å². The normalized spacial score (nSPS) is 10.2. The van der Waals surface area contributed by atoms with E-state index in [-0.39, 0.29) is 5.91 Å². The van der Waals surface area contributed by atoms with Crippen LogP contribution in [-0.4, -0.2) is 20.0 Å². The van der Waals surface area contributed by atoms with Gasteiger partial charge in [-0.15, -0.1) is 0 Å². The van der Waals surface area contributed by atoms with Crippen LogP contribution in [0.5, 0.6) is 0 Å². The molecule has 0 spiro atoms. The van der Waals surface area contributed by atoms with Crippen LogP contribution >= 0.6 is 27.5 Å². The minimum Gasteiger partial charge on any atom is -0.378 e. The summed E-state index contributed by atoms with van der Waals surface area (Å²) in [7, 11) is 3.91. The molecule has 0 heterocycles. The van der Waals surface area contributed by atoms with Crippen LogP contribution in [0.25, 0.3) is 0 Å². The highest BCUT2D eigenvalue weighted by Gasteiger charge is 2.11.